The molecule has 10 heteroatoms. The number of carbonyl (C=O) groups is 1. The van der Waals surface area contributed by atoms with E-state index in [0.29, 0.717) is 32.5 Å². The van der Waals surface area contributed by atoms with E-state index in [2.05, 4.69) is 20.1 Å². The van der Waals surface area contributed by atoms with E-state index in [-0.39, 0.29) is 29.7 Å². The maximum Gasteiger partial charge on any atom is 0.410 e. The number of benzene rings is 1. The van der Waals surface area contributed by atoms with Crippen LogP contribution in [0.3, 0.4) is 0 Å². The maximum atomic E-state index is 14.4. The Morgan fingerprint density at radius 1 is 1.23 bits per heavy atom. The summed E-state index contributed by atoms with van der Waals surface area (Å²) in [6.07, 6.45) is 5.11. The molecule has 0 bridgehead atoms. The van der Waals surface area contributed by atoms with E-state index >= 15 is 0 Å². The molecule has 1 aliphatic carbocycles. The first-order chi connectivity index (χ1) is 19.1. The van der Waals surface area contributed by atoms with Crippen molar-refractivity contribution in [3.8, 4) is 11.1 Å². The molecule has 0 spiro atoms. The summed E-state index contributed by atoms with van der Waals surface area (Å²) in [6.45, 7) is 9.02. The van der Waals surface area contributed by atoms with Crippen LogP contribution in [0.1, 0.15) is 62.0 Å². The highest BCUT2D eigenvalue weighted by molar-refractivity contribution is 6.03. The highest BCUT2D eigenvalue weighted by Gasteiger charge is 2.32. The molecule has 3 aromatic rings. The molecule has 1 unspecified atom stereocenters. The minimum atomic E-state index is -0.534. The number of halogens is 1. The van der Waals surface area contributed by atoms with Gasteiger partial charge in [-0.25, -0.2) is 19.2 Å². The lowest BCUT2D eigenvalue weighted by Gasteiger charge is -2.28. The molecule has 2 N–H and O–H groups in total. The molecule has 2 aromatic heterocycles. The van der Waals surface area contributed by atoms with Crippen LogP contribution in [0.5, 0.6) is 0 Å². The van der Waals surface area contributed by atoms with Gasteiger partial charge in [0.25, 0.3) is 0 Å². The van der Waals surface area contributed by atoms with Gasteiger partial charge in [0.1, 0.15) is 18.0 Å². The molecule has 210 valence electrons. The van der Waals surface area contributed by atoms with Gasteiger partial charge >= 0.3 is 6.09 Å². The normalized spacial score (nSPS) is 19.9. The van der Waals surface area contributed by atoms with E-state index in [0.717, 1.165) is 45.8 Å². The Morgan fingerprint density at radius 2 is 2.05 bits per heavy atom. The topological polar surface area (TPSA) is 116 Å². The van der Waals surface area contributed by atoms with Gasteiger partial charge in [0, 0.05) is 48.9 Å². The Hall–Kier alpha value is -4.08. The lowest BCUT2D eigenvalue weighted by molar-refractivity contribution is 0.0275. The van der Waals surface area contributed by atoms with Crippen LogP contribution >= 0.6 is 0 Å². The Morgan fingerprint density at radius 3 is 2.80 bits per heavy atom. The van der Waals surface area contributed by atoms with Crippen LogP contribution in [0.4, 0.5) is 15.1 Å². The molecule has 1 fully saturated rings. The Bertz CT molecular complexity index is 1420. The summed E-state index contributed by atoms with van der Waals surface area (Å²) < 4.78 is 19.9. The van der Waals surface area contributed by atoms with Gasteiger partial charge in [-0.1, -0.05) is 17.3 Å². The third-order valence-corrected chi connectivity index (χ3v) is 7.20. The van der Waals surface area contributed by atoms with Crippen molar-refractivity contribution in [1.29, 1.82) is 0 Å². The van der Waals surface area contributed by atoms with Crippen molar-refractivity contribution < 1.29 is 18.8 Å². The van der Waals surface area contributed by atoms with Crippen molar-refractivity contribution in [1.82, 2.24) is 19.9 Å². The van der Waals surface area contributed by atoms with Gasteiger partial charge in [0.2, 0.25) is 5.95 Å². The predicted molar refractivity (Wildman–Crippen MR) is 150 cm³/mol. The standard InChI is InChI=1S/C30H35FN6O3/c1-18-27-25(35-28(32)34-18)12-21(23-8-7-22(31)14-24(23)20-6-5-10-33-15-20)13-26(27)36-39-17-19-9-11-37(16-19)29(38)40-30(2,3)4/h5-8,10,14-15,19,21H,9,11-13,16-17H2,1-4H3,(H2,32,34,35)/t19-,21?/m0/s1. The third-order valence-electron chi connectivity index (χ3n) is 7.20. The summed E-state index contributed by atoms with van der Waals surface area (Å²) in [6, 6.07) is 8.62. The number of aromatic nitrogens is 3. The monoisotopic (exact) mass is 546 g/mol. The van der Waals surface area contributed by atoms with Gasteiger partial charge in [-0.05, 0) is 75.8 Å². The number of nitrogens with zero attached hydrogens (tertiary/aromatic N) is 5. The van der Waals surface area contributed by atoms with Gasteiger partial charge in [-0.2, -0.15) is 0 Å². The number of carbonyl (C=O) groups excluding carboxylic acids is 1. The minimum Gasteiger partial charge on any atom is -0.444 e. The van der Waals surface area contributed by atoms with Crippen LogP contribution in [0.2, 0.25) is 0 Å². The van der Waals surface area contributed by atoms with Crippen LogP contribution in [0, 0.1) is 18.7 Å². The molecule has 9 nitrogen and oxygen atoms in total. The molecular formula is C30H35FN6O3. The second-order valence-corrected chi connectivity index (χ2v) is 11.5. The number of nitrogens with two attached hydrogens (primary N) is 1. The van der Waals surface area contributed by atoms with Crippen LogP contribution in [-0.2, 0) is 16.0 Å². The zero-order valence-corrected chi connectivity index (χ0v) is 23.4. The molecular weight excluding hydrogens is 511 g/mol. The number of rotatable bonds is 5. The maximum absolute atomic E-state index is 14.4. The Labute approximate surface area is 233 Å². The molecule has 40 heavy (non-hydrogen) atoms. The molecule has 2 aliphatic rings. The van der Waals surface area contributed by atoms with Crippen LogP contribution < -0.4 is 5.73 Å². The number of hydrogen-bond acceptors (Lipinski definition) is 8. The summed E-state index contributed by atoms with van der Waals surface area (Å²) in [5.74, 6) is 0.00894. The number of aryl methyl sites for hydroxylation is 1. The second-order valence-electron chi connectivity index (χ2n) is 11.5. The van der Waals surface area contributed by atoms with E-state index in [4.69, 9.17) is 15.3 Å². The summed E-state index contributed by atoms with van der Waals surface area (Å²) in [5.41, 5.74) is 11.2. The first-order valence-electron chi connectivity index (χ1n) is 13.6. The first kappa shape index (κ1) is 27.5. The van der Waals surface area contributed by atoms with Crippen molar-refractivity contribution in [2.24, 2.45) is 11.1 Å². The van der Waals surface area contributed by atoms with Crippen molar-refractivity contribution >= 4 is 17.8 Å². The molecule has 1 saturated heterocycles. The molecule has 1 aromatic carbocycles. The van der Waals surface area contributed by atoms with E-state index in [1.807, 2.05) is 45.9 Å². The zero-order chi connectivity index (χ0) is 28.4. The molecule has 0 saturated carbocycles. The van der Waals surface area contributed by atoms with Crippen molar-refractivity contribution in [2.75, 3.05) is 25.4 Å². The molecule has 1 aliphatic heterocycles. The lowest BCUT2D eigenvalue weighted by Crippen LogP contribution is -2.35. The number of pyridine rings is 1. The number of likely N-dealkylation sites (tertiary alicyclic amines) is 1. The summed E-state index contributed by atoms with van der Waals surface area (Å²) in [4.78, 5) is 33.2. The average molecular weight is 547 g/mol. The van der Waals surface area contributed by atoms with Gasteiger partial charge < -0.3 is 20.2 Å². The zero-order valence-electron chi connectivity index (χ0n) is 23.4. The fourth-order valence-electron chi connectivity index (χ4n) is 5.46. The first-order valence-corrected chi connectivity index (χ1v) is 13.6. The number of ether oxygens (including phenoxy) is 1. The number of oxime groups is 1. The minimum absolute atomic E-state index is 0.0338. The van der Waals surface area contributed by atoms with Gasteiger partial charge in [0.05, 0.1) is 17.1 Å². The molecule has 3 heterocycles. The Kier molecular flexibility index (Phi) is 7.69. The number of amides is 1. The Balaban J connectivity index is 1.38. The van der Waals surface area contributed by atoms with E-state index in [9.17, 15) is 9.18 Å². The van der Waals surface area contributed by atoms with Gasteiger partial charge in [-0.3, -0.25) is 4.98 Å². The fourth-order valence-corrected chi connectivity index (χ4v) is 5.46. The summed E-state index contributed by atoms with van der Waals surface area (Å²) in [5, 5.41) is 4.58. The molecule has 5 rings (SSSR count). The summed E-state index contributed by atoms with van der Waals surface area (Å²) >= 11 is 0. The highest BCUT2D eigenvalue weighted by Crippen LogP contribution is 2.38. The average Bonchev–Trinajstić information content (AvgIpc) is 3.37. The van der Waals surface area contributed by atoms with Crippen molar-refractivity contribution in [2.45, 2.75) is 58.5 Å². The van der Waals surface area contributed by atoms with Crippen molar-refractivity contribution in [3.05, 3.63) is 71.1 Å². The predicted octanol–water partition coefficient (Wildman–Crippen LogP) is 5.28. The van der Waals surface area contributed by atoms with Crippen LogP contribution in [-0.4, -0.2) is 57.0 Å². The van der Waals surface area contributed by atoms with Crippen molar-refractivity contribution in [3.63, 3.8) is 0 Å². The lowest BCUT2D eigenvalue weighted by atomic mass is 9.78. The van der Waals surface area contributed by atoms with Gasteiger partial charge in [-0.15, -0.1) is 0 Å². The number of nitrogen functional groups attached to an aromatic ring is 1. The molecule has 0 radical (unpaired) electrons. The van der Waals surface area contributed by atoms with E-state index in [1.54, 1.807) is 23.4 Å². The SMILES string of the molecule is Cc1nc(N)nc2c1C(=NOC[C@H]1CCN(C(=O)OC(C)(C)C)C1)CC(c1ccc(F)cc1-c1cccnc1)C2. The smallest absolute Gasteiger partial charge is 0.410 e. The molecule has 1 amide bonds. The molecule has 2 atom stereocenters. The highest BCUT2D eigenvalue weighted by atomic mass is 19.1. The third kappa shape index (κ3) is 6.21. The number of anilines is 1. The van der Waals surface area contributed by atoms with Crippen LogP contribution in [0.25, 0.3) is 11.1 Å². The number of fused-ring (bicyclic) bond motifs is 1. The van der Waals surface area contributed by atoms with E-state index in [1.165, 1.54) is 6.07 Å². The quantitative estimate of drug-likeness (QED) is 0.433. The number of hydrogen-bond donors (Lipinski definition) is 1. The fraction of sp³-hybridized carbons (Fsp3) is 0.433. The summed E-state index contributed by atoms with van der Waals surface area (Å²) in [7, 11) is 0. The van der Waals surface area contributed by atoms with E-state index < -0.39 is 5.60 Å². The largest absolute Gasteiger partial charge is 0.444 e. The second kappa shape index (κ2) is 11.2. The van der Waals surface area contributed by atoms with Gasteiger partial charge in [0.15, 0.2) is 0 Å². The van der Waals surface area contributed by atoms with Crippen LogP contribution in [0.15, 0.2) is 47.9 Å².